The molecule has 1 heterocycles. The number of piperazine rings is 1. The summed E-state index contributed by atoms with van der Waals surface area (Å²) >= 11 is 7.67. The van der Waals surface area contributed by atoms with Crippen molar-refractivity contribution in [2.45, 2.75) is 24.3 Å². The van der Waals surface area contributed by atoms with Gasteiger partial charge < -0.3 is 4.90 Å². The van der Waals surface area contributed by atoms with Gasteiger partial charge in [-0.3, -0.25) is 9.69 Å². The van der Waals surface area contributed by atoms with Crippen LogP contribution in [0.5, 0.6) is 0 Å². The van der Waals surface area contributed by atoms with Crippen LogP contribution in [0.3, 0.4) is 0 Å². The number of hydrogen-bond acceptors (Lipinski definition) is 3. The van der Waals surface area contributed by atoms with Crippen LogP contribution >= 0.6 is 23.4 Å². The van der Waals surface area contributed by atoms with E-state index in [1.165, 1.54) is 10.5 Å². The molecule has 0 atom stereocenters. The highest BCUT2D eigenvalue weighted by Gasteiger charge is 2.20. The highest BCUT2D eigenvalue weighted by Crippen LogP contribution is 2.21. The molecule has 1 aliphatic heterocycles. The molecule has 138 valence electrons. The van der Waals surface area contributed by atoms with Crippen LogP contribution in [0.25, 0.3) is 0 Å². The van der Waals surface area contributed by atoms with E-state index in [2.05, 4.69) is 29.2 Å². The highest BCUT2D eigenvalue weighted by molar-refractivity contribution is 7.99. The fraction of sp³-hybridized carbons (Fsp3) is 0.381. The summed E-state index contributed by atoms with van der Waals surface area (Å²) in [6.45, 7) is 4.58. The molecule has 2 aromatic carbocycles. The molecule has 0 spiro atoms. The van der Waals surface area contributed by atoms with Crippen LogP contribution in [0.15, 0.2) is 59.5 Å². The molecular weight excluding hydrogens is 364 g/mol. The zero-order valence-corrected chi connectivity index (χ0v) is 16.5. The molecule has 1 saturated heterocycles. The van der Waals surface area contributed by atoms with Crippen molar-refractivity contribution in [2.75, 3.05) is 31.9 Å². The van der Waals surface area contributed by atoms with Crippen LogP contribution < -0.4 is 0 Å². The van der Waals surface area contributed by atoms with E-state index in [1.54, 1.807) is 11.8 Å². The molecule has 1 fully saturated rings. The van der Waals surface area contributed by atoms with E-state index in [9.17, 15) is 4.79 Å². The van der Waals surface area contributed by atoms with Gasteiger partial charge >= 0.3 is 0 Å². The number of benzene rings is 2. The summed E-state index contributed by atoms with van der Waals surface area (Å²) in [5.74, 6) is 1.25. The van der Waals surface area contributed by atoms with Crippen LogP contribution in [0.2, 0.25) is 5.02 Å². The van der Waals surface area contributed by atoms with Crippen molar-refractivity contribution in [3.8, 4) is 0 Å². The third-order valence-electron chi connectivity index (χ3n) is 4.59. The first kappa shape index (κ1) is 19.3. The van der Waals surface area contributed by atoms with Crippen molar-refractivity contribution in [3.05, 3.63) is 65.2 Å². The minimum absolute atomic E-state index is 0.293. The SMILES string of the molecule is O=C(CCCSc1ccc(Cl)cc1)N1CCN(Cc2ccccc2)CC1. The Morgan fingerprint density at radius 3 is 2.35 bits per heavy atom. The molecule has 2 aromatic rings. The Labute approximate surface area is 165 Å². The van der Waals surface area contributed by atoms with Gasteiger partial charge in [-0.25, -0.2) is 0 Å². The Bertz CT molecular complexity index is 685. The average Bonchev–Trinajstić information content (AvgIpc) is 2.68. The lowest BCUT2D eigenvalue weighted by Crippen LogP contribution is -2.48. The van der Waals surface area contributed by atoms with Gasteiger partial charge in [0, 0.05) is 49.1 Å². The Morgan fingerprint density at radius 2 is 1.65 bits per heavy atom. The Hall–Kier alpha value is -1.49. The first-order valence-electron chi connectivity index (χ1n) is 9.13. The summed E-state index contributed by atoms with van der Waals surface area (Å²) in [4.78, 5) is 18.1. The summed E-state index contributed by atoms with van der Waals surface area (Å²) in [5, 5.41) is 0.760. The third kappa shape index (κ3) is 6.04. The van der Waals surface area contributed by atoms with Gasteiger partial charge in [-0.15, -0.1) is 11.8 Å². The van der Waals surface area contributed by atoms with Crippen LogP contribution in [0.4, 0.5) is 0 Å². The minimum atomic E-state index is 0.293. The summed E-state index contributed by atoms with van der Waals surface area (Å²) in [6.07, 6.45) is 1.55. The van der Waals surface area contributed by atoms with Gasteiger partial charge in [-0.2, -0.15) is 0 Å². The second-order valence-electron chi connectivity index (χ2n) is 6.55. The van der Waals surface area contributed by atoms with Gasteiger partial charge in [0.05, 0.1) is 0 Å². The third-order valence-corrected chi connectivity index (χ3v) is 5.94. The normalized spacial score (nSPS) is 15.2. The van der Waals surface area contributed by atoms with Crippen molar-refractivity contribution >= 4 is 29.3 Å². The molecule has 3 rings (SSSR count). The Morgan fingerprint density at radius 1 is 0.962 bits per heavy atom. The smallest absolute Gasteiger partial charge is 0.222 e. The monoisotopic (exact) mass is 388 g/mol. The number of halogens is 1. The van der Waals surface area contributed by atoms with Crippen molar-refractivity contribution in [1.82, 2.24) is 9.80 Å². The maximum atomic E-state index is 12.4. The molecule has 0 bridgehead atoms. The van der Waals surface area contributed by atoms with Gasteiger partial charge in [-0.1, -0.05) is 41.9 Å². The topological polar surface area (TPSA) is 23.6 Å². The number of amides is 1. The fourth-order valence-corrected chi connectivity index (χ4v) is 4.08. The lowest BCUT2D eigenvalue weighted by atomic mass is 10.2. The number of carbonyl (C=O) groups is 1. The standard InChI is InChI=1S/C21H25ClN2OS/c22-19-8-10-20(11-9-19)26-16-4-7-21(25)24-14-12-23(13-15-24)17-18-5-2-1-3-6-18/h1-3,5-6,8-11H,4,7,12-17H2. The Kier molecular flexibility index (Phi) is 7.42. The second-order valence-corrected chi connectivity index (χ2v) is 8.15. The van der Waals surface area contributed by atoms with E-state index >= 15 is 0 Å². The van der Waals surface area contributed by atoms with Gasteiger partial charge in [0.25, 0.3) is 0 Å². The average molecular weight is 389 g/mol. The van der Waals surface area contributed by atoms with Crippen LogP contribution in [0, 0.1) is 0 Å². The molecule has 1 amide bonds. The number of nitrogens with zero attached hydrogens (tertiary/aromatic N) is 2. The van der Waals surface area contributed by atoms with Crippen molar-refractivity contribution < 1.29 is 4.79 Å². The van der Waals surface area contributed by atoms with Crippen LogP contribution in [0.1, 0.15) is 18.4 Å². The lowest BCUT2D eigenvalue weighted by molar-refractivity contribution is -0.133. The van der Waals surface area contributed by atoms with Crippen molar-refractivity contribution in [3.63, 3.8) is 0 Å². The molecular formula is C21H25ClN2OS. The zero-order chi connectivity index (χ0) is 18.2. The molecule has 0 radical (unpaired) electrons. The number of thioether (sulfide) groups is 1. The second kappa shape index (κ2) is 10.0. The van der Waals surface area contributed by atoms with Crippen LogP contribution in [-0.4, -0.2) is 47.6 Å². The molecule has 0 N–H and O–H groups in total. The van der Waals surface area contributed by atoms with E-state index in [0.717, 1.165) is 49.9 Å². The molecule has 1 aliphatic rings. The van der Waals surface area contributed by atoms with E-state index in [-0.39, 0.29) is 0 Å². The van der Waals surface area contributed by atoms with Crippen molar-refractivity contribution in [1.29, 1.82) is 0 Å². The van der Waals surface area contributed by atoms with Crippen molar-refractivity contribution in [2.24, 2.45) is 0 Å². The summed E-state index contributed by atoms with van der Waals surface area (Å²) in [5.41, 5.74) is 1.34. The van der Waals surface area contributed by atoms with E-state index < -0.39 is 0 Å². The van der Waals surface area contributed by atoms with E-state index in [4.69, 9.17) is 11.6 Å². The van der Waals surface area contributed by atoms with Gasteiger partial charge in [0.2, 0.25) is 5.91 Å². The number of rotatable bonds is 7. The summed E-state index contributed by atoms with van der Waals surface area (Å²) < 4.78 is 0. The number of hydrogen-bond donors (Lipinski definition) is 0. The Balaban J connectivity index is 1.32. The van der Waals surface area contributed by atoms with E-state index in [0.29, 0.717) is 12.3 Å². The quantitative estimate of drug-likeness (QED) is 0.513. The molecule has 5 heteroatoms. The fourth-order valence-electron chi connectivity index (χ4n) is 3.10. The predicted octanol–water partition coefficient (Wildman–Crippen LogP) is 4.56. The number of carbonyl (C=O) groups excluding carboxylic acids is 1. The van der Waals surface area contributed by atoms with Gasteiger partial charge in [-0.05, 0) is 42.0 Å². The predicted molar refractivity (Wildman–Crippen MR) is 110 cm³/mol. The summed E-state index contributed by atoms with van der Waals surface area (Å²) in [7, 11) is 0. The molecule has 3 nitrogen and oxygen atoms in total. The molecule has 0 saturated carbocycles. The molecule has 0 aromatic heterocycles. The largest absolute Gasteiger partial charge is 0.340 e. The van der Waals surface area contributed by atoms with E-state index in [1.807, 2.05) is 35.2 Å². The lowest BCUT2D eigenvalue weighted by Gasteiger charge is -2.34. The highest BCUT2D eigenvalue weighted by atomic mass is 35.5. The zero-order valence-electron chi connectivity index (χ0n) is 14.9. The molecule has 0 unspecified atom stereocenters. The van der Waals surface area contributed by atoms with Crippen LogP contribution in [-0.2, 0) is 11.3 Å². The first-order chi connectivity index (χ1) is 12.7. The van der Waals surface area contributed by atoms with Gasteiger partial charge in [0.1, 0.15) is 0 Å². The minimum Gasteiger partial charge on any atom is -0.340 e. The maximum Gasteiger partial charge on any atom is 0.222 e. The maximum absolute atomic E-state index is 12.4. The molecule has 0 aliphatic carbocycles. The van der Waals surface area contributed by atoms with Gasteiger partial charge in [0.15, 0.2) is 0 Å². The summed E-state index contributed by atoms with van der Waals surface area (Å²) in [6, 6.07) is 18.4. The molecule has 26 heavy (non-hydrogen) atoms. The first-order valence-corrected chi connectivity index (χ1v) is 10.5.